The Hall–Kier alpha value is -1.55. The number of hydrogen-bond acceptors (Lipinski definition) is 3. The number of hydrogen-bond donors (Lipinski definition) is 2. The monoisotopic (exact) mass is 207 g/mol. The van der Waals surface area contributed by atoms with E-state index in [2.05, 4.69) is 18.4 Å². The van der Waals surface area contributed by atoms with Crippen LogP contribution in [0.2, 0.25) is 0 Å². The Bertz CT molecular complexity index is 338. The Morgan fingerprint density at radius 3 is 2.73 bits per heavy atom. The second kappa shape index (κ2) is 5.36. The van der Waals surface area contributed by atoms with Crippen LogP contribution in [0.15, 0.2) is 24.3 Å². The molecule has 0 aliphatic heterocycles. The molecule has 0 bridgehead atoms. The quantitative estimate of drug-likeness (QED) is 0.698. The highest BCUT2D eigenvalue weighted by Crippen LogP contribution is 2.17. The highest BCUT2D eigenvalue weighted by atomic mass is 16.1. The number of primary amides is 1. The van der Waals surface area contributed by atoms with Gasteiger partial charge < -0.3 is 10.7 Å². The van der Waals surface area contributed by atoms with Crippen LogP contribution in [0.3, 0.4) is 0 Å². The zero-order chi connectivity index (χ0) is 11.3. The maximum Gasteiger partial charge on any atom is 0.233 e. The van der Waals surface area contributed by atoms with Crippen LogP contribution in [0.25, 0.3) is 0 Å². The lowest BCUT2D eigenvalue weighted by atomic mass is 10.1. The van der Waals surface area contributed by atoms with Gasteiger partial charge in [-0.2, -0.15) is 0 Å². The third-order valence-electron chi connectivity index (χ3n) is 2.22. The van der Waals surface area contributed by atoms with E-state index in [0.717, 1.165) is 12.1 Å². The van der Waals surface area contributed by atoms with Crippen molar-refractivity contribution in [2.75, 3.05) is 18.6 Å². The van der Waals surface area contributed by atoms with E-state index in [-0.39, 0.29) is 12.5 Å². The molecule has 0 saturated carbocycles. The summed E-state index contributed by atoms with van der Waals surface area (Å²) >= 11 is 0. The average Bonchev–Trinajstić information content (AvgIpc) is 2.25. The number of nitrogens with two attached hydrogens (primary N) is 1. The minimum atomic E-state index is -0.365. The lowest BCUT2D eigenvalue weighted by Gasteiger charge is -2.22. The fraction of sp³-hybridized carbons (Fsp3) is 0.364. The Balaban J connectivity index is 2.72. The number of nitrogens with zero attached hydrogens (tertiary/aromatic N) is 1. The molecule has 0 aliphatic rings. The Morgan fingerprint density at radius 2 is 2.13 bits per heavy atom. The molecule has 0 aromatic heterocycles. The first-order valence-corrected chi connectivity index (χ1v) is 4.98. The number of anilines is 1. The molecule has 1 aromatic rings. The average molecular weight is 207 g/mol. The topological polar surface area (TPSA) is 58.4 Å². The maximum absolute atomic E-state index is 10.6. The third-order valence-corrected chi connectivity index (χ3v) is 2.22. The van der Waals surface area contributed by atoms with E-state index in [9.17, 15) is 4.79 Å². The minimum absolute atomic E-state index is 0.147. The number of aryl methyl sites for hydroxylation is 1. The summed E-state index contributed by atoms with van der Waals surface area (Å²) in [6.45, 7) is 2.25. The van der Waals surface area contributed by atoms with E-state index < -0.39 is 0 Å². The molecule has 82 valence electrons. The summed E-state index contributed by atoms with van der Waals surface area (Å²) in [5.74, 6) is -0.365. The van der Waals surface area contributed by atoms with E-state index in [1.807, 2.05) is 30.3 Å². The van der Waals surface area contributed by atoms with E-state index in [4.69, 9.17) is 5.73 Å². The van der Waals surface area contributed by atoms with Gasteiger partial charge in [0.1, 0.15) is 0 Å². The fourth-order valence-electron chi connectivity index (χ4n) is 1.42. The van der Waals surface area contributed by atoms with Crippen molar-refractivity contribution in [3.63, 3.8) is 0 Å². The molecule has 4 heteroatoms. The van der Waals surface area contributed by atoms with Crippen molar-refractivity contribution in [3.8, 4) is 0 Å². The molecule has 0 saturated heterocycles. The molecule has 0 unspecified atom stereocenters. The normalized spacial score (nSPS) is 10.0. The van der Waals surface area contributed by atoms with Gasteiger partial charge >= 0.3 is 0 Å². The smallest absolute Gasteiger partial charge is 0.233 e. The van der Waals surface area contributed by atoms with Gasteiger partial charge in [-0.1, -0.05) is 25.1 Å². The molecule has 15 heavy (non-hydrogen) atoms. The molecule has 1 aromatic carbocycles. The van der Waals surface area contributed by atoms with Crippen molar-refractivity contribution in [1.29, 1.82) is 0 Å². The summed E-state index contributed by atoms with van der Waals surface area (Å²) in [5, 5.41) is 1.82. The molecule has 0 aliphatic carbocycles. The second-order valence-corrected chi connectivity index (χ2v) is 3.34. The largest absolute Gasteiger partial charge is 0.369 e. The molecule has 0 radical (unpaired) electrons. The van der Waals surface area contributed by atoms with Crippen molar-refractivity contribution >= 4 is 11.6 Å². The van der Waals surface area contributed by atoms with Gasteiger partial charge in [0.05, 0.1) is 12.2 Å². The van der Waals surface area contributed by atoms with Crippen LogP contribution in [0.1, 0.15) is 12.5 Å². The Morgan fingerprint density at radius 1 is 1.47 bits per heavy atom. The summed E-state index contributed by atoms with van der Waals surface area (Å²) in [4.78, 5) is 10.6. The number of carbonyl (C=O) groups is 1. The number of benzene rings is 1. The van der Waals surface area contributed by atoms with Crippen LogP contribution in [-0.4, -0.2) is 19.5 Å². The molecular formula is C11H17N3O. The van der Waals surface area contributed by atoms with E-state index in [1.54, 1.807) is 0 Å². The number of hydrazine groups is 1. The summed E-state index contributed by atoms with van der Waals surface area (Å²) < 4.78 is 0. The Labute approximate surface area is 90.0 Å². The maximum atomic E-state index is 10.6. The lowest BCUT2D eigenvalue weighted by molar-refractivity contribution is -0.117. The molecule has 0 fully saturated rings. The van der Waals surface area contributed by atoms with E-state index in [0.29, 0.717) is 0 Å². The first kappa shape index (κ1) is 11.5. The number of para-hydroxylation sites is 1. The van der Waals surface area contributed by atoms with Crippen LogP contribution >= 0.6 is 0 Å². The van der Waals surface area contributed by atoms with Crippen molar-refractivity contribution in [1.82, 2.24) is 5.43 Å². The molecule has 4 nitrogen and oxygen atoms in total. The molecular weight excluding hydrogens is 190 g/mol. The first-order valence-electron chi connectivity index (χ1n) is 4.98. The van der Waals surface area contributed by atoms with Gasteiger partial charge in [0.25, 0.3) is 0 Å². The van der Waals surface area contributed by atoms with Crippen LogP contribution in [0.4, 0.5) is 5.69 Å². The highest BCUT2D eigenvalue weighted by molar-refractivity contribution is 5.76. The number of nitrogens with one attached hydrogen (secondary N) is 1. The summed E-state index contributed by atoms with van der Waals surface area (Å²) in [6, 6.07) is 8.05. The predicted octanol–water partition coefficient (Wildman–Crippen LogP) is 0.675. The van der Waals surface area contributed by atoms with Gasteiger partial charge in [0.2, 0.25) is 5.91 Å². The van der Waals surface area contributed by atoms with Crippen molar-refractivity contribution in [2.45, 2.75) is 13.3 Å². The van der Waals surface area contributed by atoms with Crippen LogP contribution < -0.4 is 16.2 Å². The van der Waals surface area contributed by atoms with Gasteiger partial charge in [-0.05, 0) is 18.1 Å². The van der Waals surface area contributed by atoms with Gasteiger partial charge in [0, 0.05) is 7.05 Å². The van der Waals surface area contributed by atoms with Crippen molar-refractivity contribution in [3.05, 3.63) is 29.8 Å². The van der Waals surface area contributed by atoms with Gasteiger partial charge in [-0.25, -0.2) is 5.43 Å². The molecule has 1 rings (SSSR count). The molecule has 3 N–H and O–H groups in total. The zero-order valence-electron chi connectivity index (χ0n) is 9.16. The SMILES string of the molecule is CCc1ccccc1N(C)NCC(N)=O. The van der Waals surface area contributed by atoms with Crippen LogP contribution in [0, 0.1) is 0 Å². The lowest BCUT2D eigenvalue weighted by Crippen LogP contribution is -2.40. The highest BCUT2D eigenvalue weighted by Gasteiger charge is 2.05. The second-order valence-electron chi connectivity index (χ2n) is 3.34. The summed E-state index contributed by atoms with van der Waals surface area (Å²) in [7, 11) is 1.87. The minimum Gasteiger partial charge on any atom is -0.369 e. The van der Waals surface area contributed by atoms with Gasteiger partial charge in [-0.15, -0.1) is 0 Å². The van der Waals surface area contributed by atoms with Crippen LogP contribution in [-0.2, 0) is 11.2 Å². The zero-order valence-corrected chi connectivity index (χ0v) is 9.16. The van der Waals surface area contributed by atoms with Gasteiger partial charge in [0.15, 0.2) is 0 Å². The Kier molecular flexibility index (Phi) is 4.12. The molecule has 0 heterocycles. The fourth-order valence-corrected chi connectivity index (χ4v) is 1.42. The van der Waals surface area contributed by atoms with Crippen molar-refractivity contribution in [2.24, 2.45) is 5.73 Å². The first-order chi connectivity index (χ1) is 7.15. The molecule has 0 atom stereocenters. The summed E-state index contributed by atoms with van der Waals surface area (Å²) in [5.41, 5.74) is 10.3. The van der Waals surface area contributed by atoms with E-state index >= 15 is 0 Å². The molecule has 0 spiro atoms. The predicted molar refractivity (Wildman–Crippen MR) is 61.4 cm³/mol. The number of rotatable bonds is 5. The number of carbonyl (C=O) groups excluding carboxylic acids is 1. The standard InChI is InChI=1S/C11H17N3O/c1-3-9-6-4-5-7-10(9)14(2)13-8-11(12)15/h4-7,13H,3,8H2,1-2H3,(H2,12,15). The van der Waals surface area contributed by atoms with E-state index in [1.165, 1.54) is 5.56 Å². The third kappa shape index (κ3) is 3.25. The summed E-state index contributed by atoms with van der Waals surface area (Å²) in [6.07, 6.45) is 0.957. The molecule has 1 amide bonds. The van der Waals surface area contributed by atoms with Gasteiger partial charge in [-0.3, -0.25) is 4.79 Å². The number of amides is 1. The van der Waals surface area contributed by atoms with Crippen molar-refractivity contribution < 1.29 is 4.79 Å². The van der Waals surface area contributed by atoms with Crippen LogP contribution in [0.5, 0.6) is 0 Å².